The maximum atomic E-state index is 15.1. The lowest BCUT2D eigenvalue weighted by atomic mass is 10.0. The van der Waals surface area contributed by atoms with Crippen molar-refractivity contribution >= 4 is 62.4 Å². The Bertz CT molecular complexity index is 1880. The minimum Gasteiger partial charge on any atom is -0.453 e. The summed E-state index contributed by atoms with van der Waals surface area (Å²) in [5.41, 5.74) is 2.61. The van der Waals surface area contributed by atoms with Crippen LogP contribution < -0.4 is 15.4 Å². The molecule has 2 aromatic carbocycles. The normalized spacial score (nSPS) is 16.0. The first-order chi connectivity index (χ1) is 21.8. The van der Waals surface area contributed by atoms with Crippen LogP contribution in [0.25, 0.3) is 10.2 Å². The molecule has 4 aromatic rings. The molecule has 0 bridgehead atoms. The summed E-state index contributed by atoms with van der Waals surface area (Å²) in [6, 6.07) is 11.8. The van der Waals surface area contributed by atoms with E-state index in [1.54, 1.807) is 18.3 Å². The van der Waals surface area contributed by atoms with Gasteiger partial charge in [0.25, 0.3) is 0 Å². The van der Waals surface area contributed by atoms with Crippen LogP contribution in [0.5, 0.6) is 11.5 Å². The maximum absolute atomic E-state index is 15.1. The van der Waals surface area contributed by atoms with Crippen LogP contribution in [0, 0.1) is 24.0 Å². The number of amides is 1. The number of thiophene rings is 1. The summed E-state index contributed by atoms with van der Waals surface area (Å²) in [5, 5.41) is 5.28. The number of halogens is 2. The van der Waals surface area contributed by atoms with E-state index in [0.29, 0.717) is 17.0 Å². The second-order valence-corrected chi connectivity index (χ2v) is 12.1. The maximum Gasteiger partial charge on any atom is 0.230 e. The standard InChI is InChI=1S/C33H28F2N6O2S2/c1-2-20-15-22(34)6-5-21(20)16-31(42)40-33(44)38-23-7-8-27(24(35)17-23)43-28-9-11-36-25-18-29(45-32(25)28)26-19-37-30(39-26)10-14-41-12-3-4-13-41/h1,5-9,11,15,17-19,30H,3-4,10,12-14,16H2,(H2,38,40,42,44). The lowest BCUT2D eigenvalue weighted by molar-refractivity contribution is -0.119. The van der Waals surface area contributed by atoms with Gasteiger partial charge in [-0.3, -0.25) is 19.8 Å². The number of terminal acetylenes is 1. The van der Waals surface area contributed by atoms with E-state index in [-0.39, 0.29) is 29.0 Å². The fourth-order valence-electron chi connectivity index (χ4n) is 5.20. The van der Waals surface area contributed by atoms with E-state index in [9.17, 15) is 9.18 Å². The molecule has 2 aliphatic heterocycles. The van der Waals surface area contributed by atoms with E-state index < -0.39 is 17.5 Å². The van der Waals surface area contributed by atoms with Gasteiger partial charge in [-0.25, -0.2) is 8.78 Å². The second-order valence-electron chi connectivity index (χ2n) is 10.6. The van der Waals surface area contributed by atoms with Crippen LogP contribution in [0.2, 0.25) is 0 Å². The van der Waals surface area contributed by atoms with Gasteiger partial charge in [-0.05, 0) is 74.0 Å². The summed E-state index contributed by atoms with van der Waals surface area (Å²) >= 11 is 6.69. The number of pyridine rings is 1. The summed E-state index contributed by atoms with van der Waals surface area (Å²) in [5.74, 6) is 1.26. The van der Waals surface area contributed by atoms with Crippen molar-refractivity contribution in [3.05, 3.63) is 82.4 Å². The van der Waals surface area contributed by atoms with E-state index >= 15 is 4.39 Å². The zero-order chi connectivity index (χ0) is 31.3. The summed E-state index contributed by atoms with van der Waals surface area (Å²) in [4.78, 5) is 29.7. The number of hydrogen-bond donors (Lipinski definition) is 2. The van der Waals surface area contributed by atoms with Crippen molar-refractivity contribution in [3.63, 3.8) is 0 Å². The van der Waals surface area contributed by atoms with Crippen LogP contribution in [-0.4, -0.2) is 58.6 Å². The van der Waals surface area contributed by atoms with Gasteiger partial charge >= 0.3 is 0 Å². The lowest BCUT2D eigenvalue weighted by Gasteiger charge is -2.14. The van der Waals surface area contributed by atoms with Crippen molar-refractivity contribution in [2.24, 2.45) is 9.98 Å². The Morgan fingerprint density at radius 1 is 1.13 bits per heavy atom. The fourth-order valence-corrected chi connectivity index (χ4v) is 6.46. The highest BCUT2D eigenvalue weighted by Crippen LogP contribution is 2.36. The SMILES string of the molecule is C#Cc1cc(F)ccc1CC(=O)NC(=S)Nc1ccc(Oc2ccnc3cc(C4=NC(CCN5CCCC5)N=C4)sc23)c(F)c1. The summed E-state index contributed by atoms with van der Waals surface area (Å²) in [7, 11) is 0. The van der Waals surface area contributed by atoms with Crippen molar-refractivity contribution < 1.29 is 18.3 Å². The Morgan fingerprint density at radius 2 is 1.98 bits per heavy atom. The highest BCUT2D eigenvalue weighted by molar-refractivity contribution is 7.80. The number of ether oxygens (including phenoxy) is 1. The molecule has 0 saturated carbocycles. The minimum absolute atomic E-state index is 0.0119. The minimum atomic E-state index is -0.631. The molecule has 4 heterocycles. The number of anilines is 1. The topological polar surface area (TPSA) is 91.2 Å². The molecule has 1 fully saturated rings. The molecule has 2 aliphatic rings. The molecule has 1 saturated heterocycles. The first-order valence-electron chi connectivity index (χ1n) is 14.4. The number of nitrogens with one attached hydrogen (secondary N) is 2. The largest absolute Gasteiger partial charge is 0.453 e. The summed E-state index contributed by atoms with van der Waals surface area (Å²) < 4.78 is 35.3. The summed E-state index contributed by atoms with van der Waals surface area (Å²) in [6.07, 6.45) is 12.1. The van der Waals surface area contributed by atoms with Crippen molar-refractivity contribution in [3.8, 4) is 23.8 Å². The molecule has 0 spiro atoms. The van der Waals surface area contributed by atoms with E-state index in [2.05, 4.69) is 31.4 Å². The zero-order valence-electron chi connectivity index (χ0n) is 24.1. The zero-order valence-corrected chi connectivity index (χ0v) is 25.7. The van der Waals surface area contributed by atoms with Gasteiger partial charge in [-0.2, -0.15) is 0 Å². The van der Waals surface area contributed by atoms with Gasteiger partial charge in [0.15, 0.2) is 16.7 Å². The molecule has 12 heteroatoms. The van der Waals surface area contributed by atoms with E-state index in [0.717, 1.165) is 46.9 Å². The summed E-state index contributed by atoms with van der Waals surface area (Å²) in [6.45, 7) is 3.30. The van der Waals surface area contributed by atoms with Gasteiger partial charge in [0.2, 0.25) is 5.91 Å². The molecule has 1 amide bonds. The first kappa shape index (κ1) is 30.5. The molecule has 1 atom stereocenters. The van der Waals surface area contributed by atoms with Crippen LogP contribution in [-0.2, 0) is 11.2 Å². The molecule has 0 radical (unpaired) electrons. The number of benzene rings is 2. The first-order valence-corrected chi connectivity index (χ1v) is 15.6. The van der Waals surface area contributed by atoms with Crippen molar-refractivity contribution in [2.45, 2.75) is 31.8 Å². The Morgan fingerprint density at radius 3 is 2.78 bits per heavy atom. The number of aliphatic imine (C=N–C) groups is 2. The number of fused-ring (bicyclic) bond motifs is 1. The fraction of sp³-hybridized carbons (Fsp3) is 0.242. The average molecular weight is 643 g/mol. The predicted octanol–water partition coefficient (Wildman–Crippen LogP) is 6.09. The number of thiocarbonyl (C=S) groups is 1. The molecule has 2 N–H and O–H groups in total. The lowest BCUT2D eigenvalue weighted by Crippen LogP contribution is -2.35. The molecule has 1 unspecified atom stereocenters. The third-order valence-electron chi connectivity index (χ3n) is 7.43. The quantitative estimate of drug-likeness (QED) is 0.170. The monoisotopic (exact) mass is 642 g/mol. The smallest absolute Gasteiger partial charge is 0.230 e. The van der Waals surface area contributed by atoms with Crippen LogP contribution >= 0.6 is 23.6 Å². The predicted molar refractivity (Wildman–Crippen MR) is 178 cm³/mol. The highest BCUT2D eigenvalue weighted by atomic mass is 32.1. The number of hydrogen-bond acceptors (Lipinski definition) is 8. The number of rotatable bonds is 9. The Balaban J connectivity index is 1.08. The molecular weight excluding hydrogens is 615 g/mol. The Kier molecular flexibility index (Phi) is 9.21. The Labute approximate surface area is 268 Å². The van der Waals surface area contributed by atoms with Gasteiger partial charge in [0, 0.05) is 42.5 Å². The molecule has 45 heavy (non-hydrogen) atoms. The number of carbonyl (C=O) groups excluding carboxylic acids is 1. The Hall–Kier alpha value is -4.57. The molecule has 0 aliphatic carbocycles. The third kappa shape index (κ3) is 7.39. The van der Waals surface area contributed by atoms with Crippen molar-refractivity contribution in [1.29, 1.82) is 0 Å². The number of aromatic nitrogens is 1. The van der Waals surface area contributed by atoms with Gasteiger partial charge in [-0.1, -0.05) is 12.0 Å². The number of likely N-dealkylation sites (tertiary alicyclic amines) is 1. The molecule has 2 aromatic heterocycles. The van der Waals surface area contributed by atoms with Gasteiger partial charge in [-0.15, -0.1) is 17.8 Å². The van der Waals surface area contributed by atoms with Crippen LogP contribution in [0.4, 0.5) is 14.5 Å². The molecule has 6 rings (SSSR count). The van der Waals surface area contributed by atoms with E-state index in [1.807, 2.05) is 12.3 Å². The molecule has 228 valence electrons. The number of carbonyl (C=O) groups is 1. The van der Waals surface area contributed by atoms with Gasteiger partial charge in [0.05, 0.1) is 33.4 Å². The molecule has 8 nitrogen and oxygen atoms in total. The van der Waals surface area contributed by atoms with E-state index in [4.69, 9.17) is 28.4 Å². The highest BCUT2D eigenvalue weighted by Gasteiger charge is 2.20. The van der Waals surface area contributed by atoms with Crippen LogP contribution in [0.3, 0.4) is 0 Å². The van der Waals surface area contributed by atoms with E-state index in [1.165, 1.54) is 54.5 Å². The van der Waals surface area contributed by atoms with Gasteiger partial charge in [0.1, 0.15) is 17.7 Å². The molecular formula is C33H28F2N6O2S2. The third-order valence-corrected chi connectivity index (χ3v) is 8.79. The average Bonchev–Trinajstić information content (AvgIpc) is 3.79. The number of nitrogens with zero attached hydrogens (tertiary/aromatic N) is 4. The van der Waals surface area contributed by atoms with Crippen LogP contribution in [0.15, 0.2) is 64.7 Å². The second kappa shape index (κ2) is 13.6. The van der Waals surface area contributed by atoms with Crippen LogP contribution in [0.1, 0.15) is 35.3 Å². The van der Waals surface area contributed by atoms with Crippen molar-refractivity contribution in [2.75, 3.05) is 25.0 Å². The van der Waals surface area contributed by atoms with Gasteiger partial charge < -0.3 is 20.3 Å². The van der Waals surface area contributed by atoms with Crippen molar-refractivity contribution in [1.82, 2.24) is 15.2 Å².